The summed E-state index contributed by atoms with van der Waals surface area (Å²) in [6.07, 6.45) is -16.0. The average molecular weight is 1590 g/mol. The van der Waals surface area contributed by atoms with Gasteiger partial charge in [-0.05, 0) is 94.6 Å². The summed E-state index contributed by atoms with van der Waals surface area (Å²) in [5.74, 6) is 9.37. The number of terminal acetylenes is 1. The number of benzene rings is 7. The highest BCUT2D eigenvalue weighted by Gasteiger charge is 2.64. The molecule has 0 saturated carbocycles. The standard InChI is InChI=1S/C27H22ClF3NO6P.C16H16F3O6PS.C12H7ClF3NO3.C11H5ClF3NO2/c28-22-12-13-24-23(16-22)26(27(29,30)31,38-25(33)32-24)14-7-15-35-19-39(34,36-17-20-8-3-1-4-9-20)37-18-21-10-5-2-6-11-21;17-16(18,19)27(21,22)25-13-26(20,23-11-14-7-3-1-4-8-14)24-12-15-9-5-2-6-10-15;13-7-2-3-9-8(6-7)11(4-1-5-18,12(14,15)16)20-10(19)17-9;1-2-10(11(13,14)15)7-5-6(12)3-4-8(7)16-9(17)18-10/h1-6,8-13,16H,15,17-19H2,(H,32,33);1-10H,11-13H2;2-3,6,18H,5H2,(H,17,19);1,3-5H,(H,16,17)/t26-;;11-;10-/m0.00/s1. The van der Waals surface area contributed by atoms with Crippen LogP contribution in [0, 0.1) is 36.0 Å². The molecule has 4 N–H and O–H groups in total. The van der Waals surface area contributed by atoms with Gasteiger partial charge in [-0.15, -0.1) is 6.42 Å². The Morgan fingerprint density at radius 1 is 0.462 bits per heavy atom. The van der Waals surface area contributed by atoms with Gasteiger partial charge in [0.2, 0.25) is 0 Å². The number of nitrogens with one attached hydrogen (secondary N) is 3. The third-order valence-electron chi connectivity index (χ3n) is 13.7. The second-order valence-electron chi connectivity index (χ2n) is 20.9. The fourth-order valence-corrected chi connectivity index (χ4v) is 12.7. The van der Waals surface area contributed by atoms with Crippen molar-refractivity contribution in [1.82, 2.24) is 0 Å². The van der Waals surface area contributed by atoms with Crippen molar-refractivity contribution in [2.45, 2.75) is 67.3 Å². The van der Waals surface area contributed by atoms with Gasteiger partial charge < -0.3 is 42.1 Å². The minimum absolute atomic E-state index is 0.00718. The number of ether oxygens (including phenoxy) is 4. The first-order valence-electron chi connectivity index (χ1n) is 29.0. The number of carbonyl (C=O) groups is 3. The lowest BCUT2D eigenvalue weighted by Gasteiger charge is -2.35. The zero-order chi connectivity index (χ0) is 76.4. The highest BCUT2D eigenvalue weighted by Crippen LogP contribution is 2.54. The molecule has 3 aliphatic rings. The van der Waals surface area contributed by atoms with Crippen molar-refractivity contribution >= 4 is 95.5 Å². The van der Waals surface area contributed by atoms with Gasteiger partial charge >= 0.3 is 67.6 Å². The first-order chi connectivity index (χ1) is 48.8. The van der Waals surface area contributed by atoms with Gasteiger partial charge in [0.1, 0.15) is 19.6 Å². The van der Waals surface area contributed by atoms with Crippen LogP contribution in [-0.4, -0.2) is 81.8 Å². The molecule has 7 aromatic rings. The highest BCUT2D eigenvalue weighted by atomic mass is 35.5. The predicted octanol–water partition coefficient (Wildman–Crippen LogP) is 17.6. The van der Waals surface area contributed by atoms with E-state index in [2.05, 4.69) is 40.3 Å². The number of alkyl halides is 12. The van der Waals surface area contributed by atoms with Gasteiger partial charge in [-0.25, -0.2) is 14.4 Å². The largest absolute Gasteiger partial charge is 0.523 e. The molecule has 3 atom stereocenters. The summed E-state index contributed by atoms with van der Waals surface area (Å²) in [6.45, 7) is -2.01. The lowest BCUT2D eigenvalue weighted by Crippen LogP contribution is -2.49. The van der Waals surface area contributed by atoms with E-state index >= 15 is 0 Å². The van der Waals surface area contributed by atoms with E-state index in [1.165, 1.54) is 42.3 Å². The zero-order valence-corrected chi connectivity index (χ0v) is 57.3. The number of anilines is 3. The second kappa shape index (κ2) is 34.9. The number of rotatable bonds is 18. The van der Waals surface area contributed by atoms with Gasteiger partial charge in [-0.2, -0.15) is 61.1 Å². The minimum atomic E-state index is -5.93. The molecule has 0 aliphatic carbocycles. The fourth-order valence-electron chi connectivity index (χ4n) is 8.83. The number of carbonyl (C=O) groups excluding carboxylic acids is 3. The molecule has 104 heavy (non-hydrogen) atoms. The highest BCUT2D eigenvalue weighted by molar-refractivity contribution is 7.87. The summed E-state index contributed by atoms with van der Waals surface area (Å²) >= 11 is 17.2. The maximum absolute atomic E-state index is 14.2. The van der Waals surface area contributed by atoms with Crippen LogP contribution in [0.1, 0.15) is 38.9 Å². The summed E-state index contributed by atoms with van der Waals surface area (Å²) < 4.78 is 252. The summed E-state index contributed by atoms with van der Waals surface area (Å²) in [5, 5.41) is 15.2. The van der Waals surface area contributed by atoms with Crippen molar-refractivity contribution in [2.75, 3.05) is 41.9 Å². The molecular formula is C66H50Cl3F12N3O17P2S. The van der Waals surface area contributed by atoms with Gasteiger partial charge in [-0.3, -0.25) is 29.3 Å². The molecule has 0 fully saturated rings. The Kier molecular flexibility index (Phi) is 27.6. The van der Waals surface area contributed by atoms with E-state index in [0.717, 1.165) is 29.3 Å². The second-order valence-corrected chi connectivity index (χ2v) is 27.8. The van der Waals surface area contributed by atoms with Crippen LogP contribution in [-0.2, 0) is 104 Å². The lowest BCUT2D eigenvalue weighted by molar-refractivity contribution is -0.239. The van der Waals surface area contributed by atoms with Crippen LogP contribution in [0.3, 0.4) is 0 Å². The molecular weight excluding hydrogens is 1540 g/mol. The Balaban J connectivity index is 0.000000204. The minimum Gasteiger partial charge on any atom is -0.415 e. The quantitative estimate of drug-likeness (QED) is 0.0118. The van der Waals surface area contributed by atoms with Crippen LogP contribution < -0.4 is 16.0 Å². The van der Waals surface area contributed by atoms with Gasteiger partial charge in [0.15, 0.2) is 6.35 Å². The normalized spacial score (nSPS) is 17.6. The molecule has 0 radical (unpaired) electrons. The molecule has 3 aliphatic heterocycles. The Bertz CT molecular complexity index is 4500. The summed E-state index contributed by atoms with van der Waals surface area (Å²) in [4.78, 5) is 34.4. The van der Waals surface area contributed by atoms with Crippen LogP contribution in [0.25, 0.3) is 0 Å². The third kappa shape index (κ3) is 21.4. The number of fused-ring (bicyclic) bond motifs is 3. The molecule has 0 bridgehead atoms. The van der Waals surface area contributed by atoms with Crippen LogP contribution in [0.4, 0.5) is 84.1 Å². The first-order valence-corrected chi connectivity index (χ1v) is 35.0. The molecule has 10 rings (SSSR count). The molecule has 0 unspecified atom stereocenters. The van der Waals surface area contributed by atoms with Gasteiger partial charge in [0.25, 0.3) is 16.8 Å². The third-order valence-corrected chi connectivity index (χ3v) is 18.6. The Morgan fingerprint density at radius 3 is 1.06 bits per heavy atom. The van der Waals surface area contributed by atoms with Crippen molar-refractivity contribution in [3.8, 4) is 36.0 Å². The van der Waals surface area contributed by atoms with E-state index in [1.807, 2.05) is 24.0 Å². The zero-order valence-electron chi connectivity index (χ0n) is 52.4. The summed E-state index contributed by atoms with van der Waals surface area (Å²) in [6, 6.07) is 45.3. The molecule has 38 heteroatoms. The van der Waals surface area contributed by atoms with Gasteiger partial charge in [-0.1, -0.05) is 168 Å². The van der Waals surface area contributed by atoms with Crippen molar-refractivity contribution in [1.29, 1.82) is 0 Å². The average Bonchev–Trinajstić information content (AvgIpc) is 0.755. The number of aliphatic hydroxyl groups excluding tert-OH is 1. The molecule has 7 aromatic carbocycles. The molecule has 0 saturated heterocycles. The van der Waals surface area contributed by atoms with Crippen molar-refractivity contribution in [3.63, 3.8) is 0 Å². The molecule has 0 spiro atoms. The fraction of sp³-hybridized carbons (Fsp3) is 0.227. The van der Waals surface area contributed by atoms with Crippen LogP contribution in [0.2, 0.25) is 15.1 Å². The Morgan fingerprint density at radius 2 is 0.760 bits per heavy atom. The summed E-state index contributed by atoms with van der Waals surface area (Å²) in [5.41, 5.74) is -14.2. The molecule has 0 aromatic heterocycles. The van der Waals surface area contributed by atoms with Crippen molar-refractivity contribution in [2.24, 2.45) is 0 Å². The Labute approximate surface area is 598 Å². The maximum atomic E-state index is 14.2. The smallest absolute Gasteiger partial charge is 0.415 e. The summed E-state index contributed by atoms with van der Waals surface area (Å²) in [7, 11) is -14.1. The van der Waals surface area contributed by atoms with Gasteiger partial charge in [0, 0.05) is 31.8 Å². The number of amides is 3. The van der Waals surface area contributed by atoms with Crippen molar-refractivity contribution in [3.05, 3.63) is 230 Å². The first kappa shape index (κ1) is 82.5. The van der Waals surface area contributed by atoms with E-state index in [9.17, 15) is 84.6 Å². The topological polar surface area (TPSA) is 259 Å². The van der Waals surface area contributed by atoms with E-state index < -0.39 is 127 Å². The van der Waals surface area contributed by atoms with Crippen LogP contribution in [0.15, 0.2) is 176 Å². The molecule has 3 amide bonds. The lowest BCUT2D eigenvalue weighted by atomic mass is 9.90. The number of halogens is 15. The van der Waals surface area contributed by atoms with E-state index in [-0.39, 0.29) is 58.6 Å². The van der Waals surface area contributed by atoms with Crippen LogP contribution in [0.5, 0.6) is 0 Å². The number of aliphatic hydroxyl groups is 1. The van der Waals surface area contributed by atoms with Gasteiger partial charge in [0.05, 0.1) is 43.5 Å². The van der Waals surface area contributed by atoms with Crippen LogP contribution >= 0.6 is 50.0 Å². The molecule has 20 nitrogen and oxygen atoms in total. The number of cyclic esters (lactones) is 3. The molecule has 3 heterocycles. The Hall–Kier alpha value is -8.81. The number of hydrogen-bond acceptors (Lipinski definition) is 17. The van der Waals surface area contributed by atoms with E-state index in [1.54, 1.807) is 115 Å². The van der Waals surface area contributed by atoms with Crippen molar-refractivity contribution < 1.29 is 131 Å². The van der Waals surface area contributed by atoms with E-state index in [4.69, 9.17) is 69.2 Å². The van der Waals surface area contributed by atoms with E-state index in [0.29, 0.717) is 11.1 Å². The predicted molar refractivity (Wildman–Crippen MR) is 351 cm³/mol. The SMILES string of the molecule is C#C[C@]1(C(F)(F)F)OC(=O)Nc2ccc(Cl)cc21.O=C1Nc2ccc(Cl)cc2[C@@](C#CCO)(C(F)(F)F)O1.O=C1Nc2ccc(Cl)cc2[C@@](C#CCOCP(=O)(OCc2ccccc2)OCc2ccccc2)(C(F)(F)F)O1.O=P(COS(=O)(=O)C(F)(F)F)(OCc1ccccc1)OCc1ccccc1. The molecule has 552 valence electrons. The number of hydrogen-bond donors (Lipinski definition) is 4. The monoisotopic (exact) mass is 1580 g/mol. The maximum Gasteiger partial charge on any atom is 0.523 e.